The second-order valence-corrected chi connectivity index (χ2v) is 9.07. The van der Waals surface area contributed by atoms with E-state index in [9.17, 15) is 18.4 Å². The lowest BCUT2D eigenvalue weighted by molar-refractivity contribution is -0.607. The molecule has 1 amide bonds. The van der Waals surface area contributed by atoms with Crippen LogP contribution in [0.1, 0.15) is 16.1 Å². The van der Waals surface area contributed by atoms with E-state index in [0.717, 1.165) is 16.5 Å². The van der Waals surface area contributed by atoms with E-state index in [1.807, 2.05) is 54.6 Å². The number of benzene rings is 2. The van der Waals surface area contributed by atoms with Crippen molar-refractivity contribution in [3.8, 4) is 16.9 Å². The molecule has 1 aromatic heterocycles. The highest BCUT2D eigenvalue weighted by Gasteiger charge is 2.26. The van der Waals surface area contributed by atoms with Crippen molar-refractivity contribution in [2.75, 3.05) is 5.75 Å². The van der Waals surface area contributed by atoms with Gasteiger partial charge in [-0.15, -0.1) is 0 Å². The fraction of sp³-hybridized carbons (Fsp3) is 0.130. The summed E-state index contributed by atoms with van der Waals surface area (Å²) in [5, 5.41) is 16.1. The van der Waals surface area contributed by atoms with Gasteiger partial charge >= 0.3 is 5.91 Å². The number of aromatic nitrogens is 1. The Morgan fingerprint density at radius 1 is 1.06 bits per heavy atom. The molecule has 1 N–H and O–H groups in total. The van der Waals surface area contributed by atoms with Crippen LogP contribution >= 0.6 is 0 Å². The van der Waals surface area contributed by atoms with Crippen molar-refractivity contribution in [3.05, 3.63) is 101 Å². The molecule has 0 unspecified atom stereocenters. The molecule has 8 heteroatoms. The number of nitrogens with one attached hydrogen (secondary N) is 1. The molecule has 2 aromatic carbocycles. The molecule has 1 aliphatic heterocycles. The number of carbonyl (C=O) groups excluding carboxylic acids is 1. The SMILES string of the molecule is O=C(N[C@@H]1C=CS(=O)(=O)C1)c1ccc(-c2ccccc2OCc2ccccc2)c[n+]1[O-]. The van der Waals surface area contributed by atoms with Crippen LogP contribution in [0.4, 0.5) is 0 Å². The molecule has 158 valence electrons. The van der Waals surface area contributed by atoms with E-state index in [0.29, 0.717) is 22.7 Å². The molecular weight excluding hydrogens is 416 g/mol. The number of nitrogens with zero attached hydrogens (tertiary/aromatic N) is 1. The lowest BCUT2D eigenvalue weighted by Gasteiger charge is -2.13. The molecule has 3 aromatic rings. The first-order valence-corrected chi connectivity index (χ1v) is 11.3. The predicted octanol–water partition coefficient (Wildman–Crippen LogP) is 2.61. The second kappa shape index (κ2) is 8.61. The van der Waals surface area contributed by atoms with Gasteiger partial charge in [-0.1, -0.05) is 48.5 Å². The maximum absolute atomic E-state index is 12.5. The first kappa shape index (κ1) is 20.6. The van der Waals surface area contributed by atoms with E-state index in [1.54, 1.807) is 6.07 Å². The summed E-state index contributed by atoms with van der Waals surface area (Å²) in [4.78, 5) is 12.4. The molecule has 0 saturated heterocycles. The first-order chi connectivity index (χ1) is 14.9. The molecule has 0 spiro atoms. The zero-order valence-electron chi connectivity index (χ0n) is 16.5. The molecule has 0 bridgehead atoms. The molecule has 4 rings (SSSR count). The van der Waals surface area contributed by atoms with Crippen LogP contribution < -0.4 is 14.8 Å². The van der Waals surface area contributed by atoms with Crippen LogP contribution in [-0.2, 0) is 16.4 Å². The molecule has 7 nitrogen and oxygen atoms in total. The molecule has 1 aliphatic rings. The van der Waals surface area contributed by atoms with Gasteiger partial charge in [0, 0.05) is 17.0 Å². The van der Waals surface area contributed by atoms with E-state index in [4.69, 9.17) is 4.74 Å². The van der Waals surface area contributed by atoms with Crippen molar-refractivity contribution >= 4 is 15.7 Å². The standard InChI is InChI=1S/C23H20N2O5S/c26-23(24-19-12-13-31(28,29)16-19)21-11-10-18(14-25(21)27)20-8-4-5-9-22(20)30-15-17-6-2-1-3-7-17/h1-14,19H,15-16H2,(H,24,26)/t19-/m1/s1. The maximum Gasteiger partial charge on any atom is 0.317 e. The van der Waals surface area contributed by atoms with Gasteiger partial charge in [0.05, 0.1) is 17.4 Å². The lowest BCUT2D eigenvalue weighted by Crippen LogP contribution is -2.43. The minimum Gasteiger partial charge on any atom is -0.618 e. The predicted molar refractivity (Wildman–Crippen MR) is 116 cm³/mol. The number of rotatable bonds is 6. The Hall–Kier alpha value is -3.65. The highest BCUT2D eigenvalue weighted by Crippen LogP contribution is 2.29. The lowest BCUT2D eigenvalue weighted by atomic mass is 10.1. The highest BCUT2D eigenvalue weighted by atomic mass is 32.2. The van der Waals surface area contributed by atoms with E-state index in [2.05, 4.69) is 5.32 Å². The Labute approximate surface area is 180 Å². The van der Waals surface area contributed by atoms with Gasteiger partial charge in [0.2, 0.25) is 0 Å². The van der Waals surface area contributed by atoms with E-state index in [-0.39, 0.29) is 11.4 Å². The third-order valence-corrected chi connectivity index (χ3v) is 6.22. The number of hydrogen-bond acceptors (Lipinski definition) is 5. The topological polar surface area (TPSA) is 99.4 Å². The first-order valence-electron chi connectivity index (χ1n) is 9.62. The summed E-state index contributed by atoms with van der Waals surface area (Å²) in [5.41, 5.74) is 2.22. The number of ether oxygens (including phenoxy) is 1. The van der Waals surface area contributed by atoms with Crippen molar-refractivity contribution in [2.45, 2.75) is 12.6 Å². The summed E-state index contributed by atoms with van der Waals surface area (Å²) in [5.74, 6) is -0.228. The summed E-state index contributed by atoms with van der Waals surface area (Å²) in [7, 11) is -3.30. The molecule has 0 radical (unpaired) electrons. The molecule has 0 saturated carbocycles. The van der Waals surface area contributed by atoms with Crippen molar-refractivity contribution in [3.63, 3.8) is 0 Å². The number of pyridine rings is 1. The molecular formula is C23H20N2O5S. The van der Waals surface area contributed by atoms with Gasteiger partial charge in [-0.05, 0) is 23.8 Å². The van der Waals surface area contributed by atoms with Gasteiger partial charge in [0.25, 0.3) is 5.69 Å². The Balaban J connectivity index is 1.52. The Morgan fingerprint density at radius 2 is 1.81 bits per heavy atom. The Morgan fingerprint density at radius 3 is 2.52 bits per heavy atom. The van der Waals surface area contributed by atoms with Gasteiger partial charge in [0.15, 0.2) is 16.0 Å². The average Bonchev–Trinajstić information content (AvgIpc) is 3.11. The van der Waals surface area contributed by atoms with Gasteiger partial charge in [-0.3, -0.25) is 4.79 Å². The monoisotopic (exact) mass is 436 g/mol. The average molecular weight is 436 g/mol. The zero-order chi connectivity index (χ0) is 21.8. The van der Waals surface area contributed by atoms with Crippen LogP contribution in [0, 0.1) is 5.21 Å². The molecule has 31 heavy (non-hydrogen) atoms. The summed E-state index contributed by atoms with van der Waals surface area (Å²) in [6, 6.07) is 19.5. The number of hydrogen-bond donors (Lipinski definition) is 1. The van der Waals surface area contributed by atoms with Crippen LogP contribution in [0.2, 0.25) is 0 Å². The van der Waals surface area contributed by atoms with Crippen molar-refractivity contribution in [2.24, 2.45) is 0 Å². The van der Waals surface area contributed by atoms with Crippen LogP contribution in [0.3, 0.4) is 0 Å². The summed E-state index contributed by atoms with van der Waals surface area (Å²) in [6.45, 7) is 0.382. The second-order valence-electron chi connectivity index (χ2n) is 7.14. The van der Waals surface area contributed by atoms with E-state index in [1.165, 1.54) is 18.3 Å². The van der Waals surface area contributed by atoms with Gasteiger partial charge in [-0.2, -0.15) is 4.73 Å². The quantitative estimate of drug-likeness (QED) is 0.473. The fourth-order valence-electron chi connectivity index (χ4n) is 3.29. The normalized spacial score (nSPS) is 16.7. The van der Waals surface area contributed by atoms with Crippen LogP contribution in [0.25, 0.3) is 11.1 Å². The smallest absolute Gasteiger partial charge is 0.317 e. The fourth-order valence-corrected chi connectivity index (χ4v) is 4.53. The van der Waals surface area contributed by atoms with Crippen LogP contribution in [0.5, 0.6) is 5.75 Å². The molecule has 0 aliphatic carbocycles. The summed E-state index contributed by atoms with van der Waals surface area (Å²) < 4.78 is 29.4. The van der Waals surface area contributed by atoms with Crippen LogP contribution in [0.15, 0.2) is 84.4 Å². The minimum atomic E-state index is -3.30. The van der Waals surface area contributed by atoms with E-state index < -0.39 is 21.8 Å². The summed E-state index contributed by atoms with van der Waals surface area (Å²) in [6.07, 6.45) is 2.71. The zero-order valence-corrected chi connectivity index (χ0v) is 17.3. The minimum absolute atomic E-state index is 0.121. The highest BCUT2D eigenvalue weighted by molar-refractivity contribution is 7.94. The maximum atomic E-state index is 12.5. The number of sulfone groups is 1. The van der Waals surface area contributed by atoms with Crippen molar-refractivity contribution < 1.29 is 22.7 Å². The van der Waals surface area contributed by atoms with Gasteiger partial charge in [-0.25, -0.2) is 8.42 Å². The van der Waals surface area contributed by atoms with Crippen LogP contribution in [-0.4, -0.2) is 26.1 Å². The number of carbonyl (C=O) groups is 1. The molecule has 1 atom stereocenters. The third kappa shape index (κ3) is 4.92. The number of para-hydroxylation sites is 1. The Kier molecular flexibility index (Phi) is 5.73. The Bertz CT molecular complexity index is 1240. The number of amides is 1. The largest absolute Gasteiger partial charge is 0.618 e. The van der Waals surface area contributed by atoms with Crippen molar-refractivity contribution in [1.82, 2.24) is 5.32 Å². The van der Waals surface area contributed by atoms with E-state index >= 15 is 0 Å². The molecule has 0 fully saturated rings. The van der Waals surface area contributed by atoms with Gasteiger partial charge in [0.1, 0.15) is 12.4 Å². The van der Waals surface area contributed by atoms with Gasteiger partial charge < -0.3 is 15.3 Å². The molecule has 2 heterocycles. The van der Waals surface area contributed by atoms with Crippen molar-refractivity contribution in [1.29, 1.82) is 0 Å². The third-order valence-electron chi connectivity index (χ3n) is 4.83. The summed E-state index contributed by atoms with van der Waals surface area (Å²) >= 11 is 0.